The van der Waals surface area contributed by atoms with Gasteiger partial charge < -0.3 is 29.3 Å². The van der Waals surface area contributed by atoms with Crippen molar-refractivity contribution < 1.29 is 33.0 Å². The van der Waals surface area contributed by atoms with E-state index in [9.17, 15) is 14.4 Å². The zero-order valence-electron chi connectivity index (χ0n) is 21.3. The lowest BCUT2D eigenvalue weighted by molar-refractivity contribution is -0.126. The molecule has 3 amide bonds. The van der Waals surface area contributed by atoms with Gasteiger partial charge in [-0.3, -0.25) is 19.3 Å². The van der Waals surface area contributed by atoms with E-state index in [4.69, 9.17) is 18.6 Å². The Morgan fingerprint density at radius 2 is 1.84 bits per heavy atom. The molecule has 0 radical (unpaired) electrons. The van der Waals surface area contributed by atoms with Crippen molar-refractivity contribution in [1.29, 1.82) is 0 Å². The van der Waals surface area contributed by atoms with Crippen molar-refractivity contribution in [2.75, 3.05) is 38.8 Å². The Balaban J connectivity index is 1.70. The average molecular weight is 522 g/mol. The highest BCUT2D eigenvalue weighted by Gasteiger charge is 2.35. The number of ether oxygens (including phenoxy) is 3. The van der Waals surface area contributed by atoms with Crippen molar-refractivity contribution in [3.8, 4) is 11.5 Å². The van der Waals surface area contributed by atoms with Gasteiger partial charge in [0.1, 0.15) is 17.5 Å². The van der Waals surface area contributed by atoms with Gasteiger partial charge in [-0.2, -0.15) is 0 Å². The SMILES string of the molecule is COc1ccc(N(C(=O)CNC(=O)c2ccco2)[C@@H](C(=O)NC[C@H]2CCCO2)c2ccccc2)c(OC)c1. The third kappa shape index (κ3) is 6.33. The maximum absolute atomic E-state index is 13.8. The lowest BCUT2D eigenvalue weighted by Crippen LogP contribution is -2.48. The largest absolute Gasteiger partial charge is 0.497 e. The van der Waals surface area contributed by atoms with Crippen molar-refractivity contribution in [2.24, 2.45) is 0 Å². The Hall–Kier alpha value is -4.31. The molecule has 1 aliphatic rings. The van der Waals surface area contributed by atoms with Crippen LogP contribution in [0.15, 0.2) is 71.3 Å². The van der Waals surface area contributed by atoms with Crippen LogP contribution in [0.2, 0.25) is 0 Å². The van der Waals surface area contributed by atoms with E-state index in [0.717, 1.165) is 12.8 Å². The van der Waals surface area contributed by atoms with Crippen LogP contribution >= 0.6 is 0 Å². The van der Waals surface area contributed by atoms with Crippen molar-refractivity contribution in [1.82, 2.24) is 10.6 Å². The molecule has 3 aromatic rings. The van der Waals surface area contributed by atoms with Crippen LogP contribution in [0.1, 0.15) is 35.0 Å². The summed E-state index contributed by atoms with van der Waals surface area (Å²) in [6, 6.07) is 15.9. The fraction of sp³-hybridized carbons (Fsp3) is 0.321. The lowest BCUT2D eigenvalue weighted by atomic mass is 10.0. The van der Waals surface area contributed by atoms with Gasteiger partial charge in [-0.1, -0.05) is 30.3 Å². The number of benzene rings is 2. The number of carbonyl (C=O) groups excluding carboxylic acids is 3. The molecule has 1 aromatic heterocycles. The van der Waals surface area contributed by atoms with Gasteiger partial charge in [0.15, 0.2) is 5.76 Å². The van der Waals surface area contributed by atoms with E-state index < -0.39 is 30.3 Å². The summed E-state index contributed by atoms with van der Waals surface area (Å²) in [6.07, 6.45) is 3.08. The van der Waals surface area contributed by atoms with Gasteiger partial charge in [-0.25, -0.2) is 0 Å². The van der Waals surface area contributed by atoms with Crippen LogP contribution in [-0.4, -0.2) is 57.7 Å². The van der Waals surface area contributed by atoms with Gasteiger partial charge in [-0.05, 0) is 42.7 Å². The van der Waals surface area contributed by atoms with Gasteiger partial charge in [0.05, 0.1) is 38.8 Å². The monoisotopic (exact) mass is 521 g/mol. The van der Waals surface area contributed by atoms with E-state index in [1.165, 1.54) is 31.4 Å². The maximum Gasteiger partial charge on any atom is 0.287 e. The molecule has 2 aromatic carbocycles. The first-order valence-corrected chi connectivity index (χ1v) is 12.3. The molecule has 0 unspecified atom stereocenters. The lowest BCUT2D eigenvalue weighted by Gasteiger charge is -2.33. The predicted octanol–water partition coefficient (Wildman–Crippen LogP) is 3.10. The number of hydrogen-bond acceptors (Lipinski definition) is 7. The van der Waals surface area contributed by atoms with E-state index in [1.807, 2.05) is 6.07 Å². The van der Waals surface area contributed by atoms with Gasteiger partial charge in [-0.15, -0.1) is 0 Å². The second kappa shape index (κ2) is 12.8. The molecule has 1 fully saturated rings. The van der Waals surface area contributed by atoms with Gasteiger partial charge in [0.25, 0.3) is 5.91 Å². The molecule has 200 valence electrons. The Labute approximate surface area is 220 Å². The van der Waals surface area contributed by atoms with Crippen LogP contribution in [0.4, 0.5) is 5.69 Å². The van der Waals surface area contributed by atoms with Crippen LogP contribution in [0, 0.1) is 0 Å². The number of nitrogens with zero attached hydrogens (tertiary/aromatic N) is 1. The van der Waals surface area contributed by atoms with Crippen LogP contribution in [0.5, 0.6) is 11.5 Å². The quantitative estimate of drug-likeness (QED) is 0.398. The molecule has 0 spiro atoms. The van der Waals surface area contributed by atoms with Gasteiger partial charge >= 0.3 is 0 Å². The standard InChI is InChI=1S/C28H31N3O7/c1-35-20-12-13-22(24(16-20)36-2)31(25(32)18-30-27(33)23-11-7-15-38-23)26(19-8-4-3-5-9-19)28(34)29-17-21-10-6-14-37-21/h3-5,7-9,11-13,15-16,21,26H,6,10,14,17-18H2,1-2H3,(H,29,34)(H,30,33)/t21-,26-/m1/s1. The third-order valence-corrected chi connectivity index (χ3v) is 6.21. The Kier molecular flexibility index (Phi) is 8.99. The third-order valence-electron chi connectivity index (χ3n) is 6.21. The fourth-order valence-corrected chi connectivity index (χ4v) is 4.31. The summed E-state index contributed by atoms with van der Waals surface area (Å²) in [4.78, 5) is 41.4. The Morgan fingerprint density at radius 1 is 1.03 bits per heavy atom. The smallest absolute Gasteiger partial charge is 0.287 e. The molecule has 2 heterocycles. The molecule has 0 bridgehead atoms. The Bertz CT molecular complexity index is 1220. The maximum atomic E-state index is 13.8. The molecule has 0 aliphatic carbocycles. The molecular weight excluding hydrogens is 490 g/mol. The molecule has 1 aliphatic heterocycles. The second-order valence-electron chi connectivity index (χ2n) is 8.65. The zero-order valence-corrected chi connectivity index (χ0v) is 21.3. The minimum Gasteiger partial charge on any atom is -0.497 e. The number of amides is 3. The average Bonchev–Trinajstić information content (AvgIpc) is 3.68. The summed E-state index contributed by atoms with van der Waals surface area (Å²) >= 11 is 0. The van der Waals surface area contributed by atoms with Crippen LogP contribution < -0.4 is 25.0 Å². The van der Waals surface area contributed by atoms with E-state index >= 15 is 0 Å². The first-order chi connectivity index (χ1) is 18.5. The zero-order chi connectivity index (χ0) is 26.9. The normalized spacial score (nSPS) is 15.4. The minimum atomic E-state index is -1.06. The van der Waals surface area contributed by atoms with Gasteiger partial charge in [0, 0.05) is 19.2 Å². The van der Waals surface area contributed by atoms with Gasteiger partial charge in [0.2, 0.25) is 11.8 Å². The first kappa shape index (κ1) is 26.7. The van der Waals surface area contributed by atoms with Crippen LogP contribution in [0.3, 0.4) is 0 Å². The summed E-state index contributed by atoms with van der Waals surface area (Å²) in [6.45, 7) is 0.585. The molecule has 4 rings (SSSR count). The second-order valence-corrected chi connectivity index (χ2v) is 8.65. The number of rotatable bonds is 11. The summed E-state index contributed by atoms with van der Waals surface area (Å²) in [5.41, 5.74) is 0.924. The summed E-state index contributed by atoms with van der Waals surface area (Å²) in [5, 5.41) is 5.53. The molecular formula is C28H31N3O7. The first-order valence-electron chi connectivity index (χ1n) is 12.3. The summed E-state index contributed by atoms with van der Waals surface area (Å²) in [5.74, 6) is -0.569. The molecule has 2 atom stereocenters. The van der Waals surface area contributed by atoms with E-state index in [1.54, 1.807) is 48.5 Å². The molecule has 2 N–H and O–H groups in total. The van der Waals surface area contributed by atoms with Crippen LogP contribution in [0.25, 0.3) is 0 Å². The number of hydrogen-bond donors (Lipinski definition) is 2. The Morgan fingerprint density at radius 3 is 2.50 bits per heavy atom. The molecule has 38 heavy (non-hydrogen) atoms. The number of anilines is 1. The molecule has 10 nitrogen and oxygen atoms in total. The topological polar surface area (TPSA) is 119 Å². The number of furan rings is 1. The number of carbonyl (C=O) groups is 3. The fourth-order valence-electron chi connectivity index (χ4n) is 4.31. The highest BCUT2D eigenvalue weighted by molar-refractivity contribution is 6.05. The summed E-state index contributed by atoms with van der Waals surface area (Å²) in [7, 11) is 2.99. The predicted molar refractivity (Wildman–Crippen MR) is 139 cm³/mol. The van der Waals surface area contributed by atoms with Crippen molar-refractivity contribution in [2.45, 2.75) is 25.0 Å². The van der Waals surface area contributed by atoms with Crippen molar-refractivity contribution >= 4 is 23.4 Å². The number of nitrogens with one attached hydrogen (secondary N) is 2. The van der Waals surface area contributed by atoms with Crippen molar-refractivity contribution in [3.63, 3.8) is 0 Å². The highest BCUT2D eigenvalue weighted by Crippen LogP contribution is 2.37. The molecule has 10 heteroatoms. The highest BCUT2D eigenvalue weighted by atomic mass is 16.5. The number of methoxy groups -OCH3 is 2. The van der Waals surface area contributed by atoms with E-state index in [0.29, 0.717) is 35.9 Å². The van der Waals surface area contributed by atoms with E-state index in [-0.39, 0.29) is 11.9 Å². The molecule has 0 saturated carbocycles. The molecule has 1 saturated heterocycles. The van der Waals surface area contributed by atoms with Crippen LogP contribution in [-0.2, 0) is 14.3 Å². The summed E-state index contributed by atoms with van der Waals surface area (Å²) < 4.78 is 21.7. The van der Waals surface area contributed by atoms with E-state index in [2.05, 4.69) is 10.6 Å². The van der Waals surface area contributed by atoms with Crippen molar-refractivity contribution in [3.05, 3.63) is 78.3 Å². The minimum absolute atomic E-state index is 0.0697.